The molecule has 0 saturated carbocycles. The van der Waals surface area contributed by atoms with Crippen LogP contribution in [0.1, 0.15) is 31.4 Å². The highest BCUT2D eigenvalue weighted by Gasteiger charge is 2.44. The summed E-state index contributed by atoms with van der Waals surface area (Å²) >= 11 is 0. The van der Waals surface area contributed by atoms with Gasteiger partial charge >= 0.3 is 6.03 Å². The van der Waals surface area contributed by atoms with Gasteiger partial charge in [0.2, 0.25) is 0 Å². The zero-order chi connectivity index (χ0) is 15.9. The number of carbonyl (C=O) groups excluding carboxylic acids is 2. The molecule has 0 aromatic heterocycles. The van der Waals surface area contributed by atoms with Crippen molar-refractivity contribution in [2.75, 3.05) is 24.5 Å². The fourth-order valence-corrected chi connectivity index (χ4v) is 3.28. The van der Waals surface area contributed by atoms with Crippen molar-refractivity contribution in [3.05, 3.63) is 29.3 Å². The van der Waals surface area contributed by atoms with Crippen molar-refractivity contribution in [2.24, 2.45) is 0 Å². The standard InChI is InChI=1S/C17H23N3O2/c1-12-6-7-14-13(11-12)5-4-8-19(14)9-10-20-15(21)17(2,3)18-16(20)22/h6-7,11H,4-5,8-10H2,1-3H3,(H,18,22). The first-order valence-corrected chi connectivity index (χ1v) is 7.87. The largest absolute Gasteiger partial charge is 0.370 e. The normalized spacial score (nSPS) is 20.1. The third-order valence-electron chi connectivity index (χ3n) is 4.49. The van der Waals surface area contributed by atoms with Gasteiger partial charge in [0.25, 0.3) is 5.91 Å². The molecule has 0 atom stereocenters. The van der Waals surface area contributed by atoms with Gasteiger partial charge in [0.05, 0.1) is 0 Å². The maximum absolute atomic E-state index is 12.2. The predicted octanol–water partition coefficient (Wildman–Crippen LogP) is 2.08. The number of aryl methyl sites for hydroxylation is 2. The number of hydrogen-bond donors (Lipinski definition) is 1. The van der Waals surface area contributed by atoms with Gasteiger partial charge in [0.15, 0.2) is 0 Å². The summed E-state index contributed by atoms with van der Waals surface area (Å²) in [6, 6.07) is 6.22. The molecule has 1 aromatic rings. The second-order valence-electron chi connectivity index (χ2n) is 6.73. The predicted molar refractivity (Wildman–Crippen MR) is 86.0 cm³/mol. The Morgan fingerprint density at radius 3 is 2.68 bits per heavy atom. The maximum Gasteiger partial charge on any atom is 0.325 e. The molecule has 5 heteroatoms. The van der Waals surface area contributed by atoms with Crippen LogP contribution in [0.4, 0.5) is 10.5 Å². The number of carbonyl (C=O) groups is 2. The van der Waals surface area contributed by atoms with Crippen molar-refractivity contribution in [1.29, 1.82) is 0 Å². The van der Waals surface area contributed by atoms with Crippen molar-refractivity contribution in [1.82, 2.24) is 10.2 Å². The highest BCUT2D eigenvalue weighted by atomic mass is 16.2. The van der Waals surface area contributed by atoms with Gasteiger partial charge in [-0.3, -0.25) is 9.69 Å². The average Bonchev–Trinajstić information content (AvgIpc) is 2.65. The molecule has 3 rings (SSSR count). The molecule has 2 aliphatic heterocycles. The summed E-state index contributed by atoms with van der Waals surface area (Å²) in [4.78, 5) is 27.8. The number of rotatable bonds is 3. The number of imide groups is 1. The Morgan fingerprint density at radius 1 is 1.23 bits per heavy atom. The topological polar surface area (TPSA) is 52.6 Å². The van der Waals surface area contributed by atoms with Crippen LogP contribution in [-0.2, 0) is 11.2 Å². The lowest BCUT2D eigenvalue weighted by Crippen LogP contribution is -2.42. The van der Waals surface area contributed by atoms with Gasteiger partial charge in [0.1, 0.15) is 5.54 Å². The number of nitrogens with zero attached hydrogens (tertiary/aromatic N) is 2. The summed E-state index contributed by atoms with van der Waals surface area (Å²) in [5.41, 5.74) is 3.09. The average molecular weight is 301 g/mol. The molecule has 5 nitrogen and oxygen atoms in total. The molecule has 22 heavy (non-hydrogen) atoms. The fraction of sp³-hybridized carbons (Fsp3) is 0.529. The summed E-state index contributed by atoms with van der Waals surface area (Å²) in [5, 5.41) is 2.73. The smallest absolute Gasteiger partial charge is 0.325 e. The van der Waals surface area contributed by atoms with Gasteiger partial charge in [-0.1, -0.05) is 17.7 Å². The van der Waals surface area contributed by atoms with E-state index in [9.17, 15) is 9.59 Å². The maximum atomic E-state index is 12.2. The summed E-state index contributed by atoms with van der Waals surface area (Å²) < 4.78 is 0. The minimum Gasteiger partial charge on any atom is -0.370 e. The molecular weight excluding hydrogens is 278 g/mol. The number of fused-ring (bicyclic) bond motifs is 1. The van der Waals surface area contributed by atoms with Crippen LogP contribution in [0, 0.1) is 6.92 Å². The van der Waals surface area contributed by atoms with Crippen molar-refractivity contribution in [3.63, 3.8) is 0 Å². The third kappa shape index (κ3) is 2.56. The van der Waals surface area contributed by atoms with E-state index in [1.165, 1.54) is 21.7 Å². The highest BCUT2D eigenvalue weighted by Crippen LogP contribution is 2.28. The number of nitrogens with one attached hydrogen (secondary N) is 1. The molecule has 0 aliphatic carbocycles. The molecule has 1 aromatic carbocycles. The Bertz CT molecular complexity index is 624. The molecule has 2 heterocycles. The van der Waals surface area contributed by atoms with Gasteiger partial charge < -0.3 is 10.2 Å². The zero-order valence-corrected chi connectivity index (χ0v) is 13.5. The van der Waals surface area contributed by atoms with Crippen molar-refractivity contribution >= 4 is 17.6 Å². The van der Waals surface area contributed by atoms with E-state index in [2.05, 4.69) is 35.3 Å². The first kappa shape index (κ1) is 14.9. The van der Waals surface area contributed by atoms with E-state index < -0.39 is 5.54 Å². The lowest BCUT2D eigenvalue weighted by molar-refractivity contribution is -0.130. The number of hydrogen-bond acceptors (Lipinski definition) is 3. The Morgan fingerprint density at radius 2 is 2.00 bits per heavy atom. The Labute approximate surface area is 131 Å². The molecule has 1 saturated heterocycles. The number of urea groups is 1. The van der Waals surface area contributed by atoms with Gasteiger partial charge in [-0.2, -0.15) is 0 Å². The van der Waals surface area contributed by atoms with Gasteiger partial charge in [-0.15, -0.1) is 0 Å². The van der Waals surface area contributed by atoms with Crippen LogP contribution in [0.15, 0.2) is 18.2 Å². The van der Waals surface area contributed by atoms with Crippen LogP contribution in [0.3, 0.4) is 0 Å². The molecule has 3 amide bonds. The van der Waals surface area contributed by atoms with Gasteiger partial charge in [0, 0.05) is 25.3 Å². The van der Waals surface area contributed by atoms with E-state index in [0.717, 1.165) is 19.4 Å². The molecule has 1 N–H and O–H groups in total. The summed E-state index contributed by atoms with van der Waals surface area (Å²) in [6.07, 6.45) is 2.21. The minimum absolute atomic E-state index is 0.140. The second-order valence-corrected chi connectivity index (χ2v) is 6.73. The number of benzene rings is 1. The molecule has 0 bridgehead atoms. The molecule has 118 valence electrons. The monoisotopic (exact) mass is 301 g/mol. The third-order valence-corrected chi connectivity index (χ3v) is 4.49. The molecule has 0 spiro atoms. The fourth-order valence-electron chi connectivity index (χ4n) is 3.28. The Kier molecular flexibility index (Phi) is 3.59. The van der Waals surface area contributed by atoms with E-state index in [4.69, 9.17) is 0 Å². The summed E-state index contributed by atoms with van der Waals surface area (Å²) in [6.45, 7) is 7.68. The highest BCUT2D eigenvalue weighted by molar-refractivity contribution is 6.06. The Hall–Kier alpha value is -2.04. The van der Waals surface area contributed by atoms with Crippen molar-refractivity contribution in [3.8, 4) is 0 Å². The quantitative estimate of drug-likeness (QED) is 0.870. The van der Waals surface area contributed by atoms with Gasteiger partial charge in [-0.05, 0) is 45.2 Å². The second kappa shape index (κ2) is 5.30. The molecule has 2 aliphatic rings. The molecule has 1 fully saturated rings. The Balaban J connectivity index is 1.71. The minimum atomic E-state index is -0.784. The van der Waals surface area contributed by atoms with Crippen LogP contribution in [0.5, 0.6) is 0 Å². The summed E-state index contributed by atoms with van der Waals surface area (Å²) in [5.74, 6) is -0.140. The lowest BCUT2D eigenvalue weighted by Gasteiger charge is -2.32. The van der Waals surface area contributed by atoms with Crippen LogP contribution in [0.2, 0.25) is 0 Å². The first-order valence-electron chi connectivity index (χ1n) is 7.87. The van der Waals surface area contributed by atoms with E-state index in [1.54, 1.807) is 13.8 Å². The number of amides is 3. The van der Waals surface area contributed by atoms with E-state index in [0.29, 0.717) is 13.1 Å². The van der Waals surface area contributed by atoms with Crippen molar-refractivity contribution < 1.29 is 9.59 Å². The molecular formula is C17H23N3O2. The van der Waals surface area contributed by atoms with E-state index in [-0.39, 0.29) is 11.9 Å². The zero-order valence-electron chi connectivity index (χ0n) is 13.5. The van der Waals surface area contributed by atoms with Gasteiger partial charge in [-0.25, -0.2) is 4.79 Å². The van der Waals surface area contributed by atoms with Crippen LogP contribution in [-0.4, -0.2) is 42.0 Å². The van der Waals surface area contributed by atoms with E-state index in [1.807, 2.05) is 0 Å². The van der Waals surface area contributed by atoms with E-state index >= 15 is 0 Å². The first-order chi connectivity index (χ1) is 10.4. The van der Waals surface area contributed by atoms with Crippen LogP contribution >= 0.6 is 0 Å². The van der Waals surface area contributed by atoms with Crippen molar-refractivity contribution in [2.45, 2.75) is 39.2 Å². The molecule has 0 radical (unpaired) electrons. The molecule has 0 unspecified atom stereocenters. The lowest BCUT2D eigenvalue weighted by atomic mass is 9.99. The van der Waals surface area contributed by atoms with Crippen LogP contribution in [0.25, 0.3) is 0 Å². The van der Waals surface area contributed by atoms with Crippen LogP contribution < -0.4 is 10.2 Å². The number of anilines is 1. The SMILES string of the molecule is Cc1ccc2c(c1)CCCN2CCN1C(=O)NC(C)(C)C1=O. The summed E-state index contributed by atoms with van der Waals surface area (Å²) in [7, 11) is 0.